The highest BCUT2D eigenvalue weighted by Gasteiger charge is 2.27. The lowest BCUT2D eigenvalue weighted by molar-refractivity contribution is -0.115. The standard InChI is InChI=1S/C20H15BrN4O/c21-11-5-6-13-14(8-23-17(13)7-11)18-10-24-20(26)19(25-18)15-9-22-16-4-2-1-3-12(15)16/h1-9,18,22-23H,10H2,(H,24,26). The van der Waals surface area contributed by atoms with Gasteiger partial charge in [-0.2, -0.15) is 0 Å². The normalized spacial score (nSPS) is 17.5. The summed E-state index contributed by atoms with van der Waals surface area (Å²) in [6, 6.07) is 14.0. The van der Waals surface area contributed by atoms with E-state index in [1.54, 1.807) is 0 Å². The van der Waals surface area contributed by atoms with Crippen LogP contribution >= 0.6 is 15.9 Å². The van der Waals surface area contributed by atoms with Gasteiger partial charge >= 0.3 is 0 Å². The predicted octanol–water partition coefficient (Wildman–Crippen LogP) is 4.07. The number of para-hydroxylation sites is 1. The Morgan fingerprint density at radius 2 is 1.85 bits per heavy atom. The molecule has 3 N–H and O–H groups in total. The predicted molar refractivity (Wildman–Crippen MR) is 107 cm³/mol. The van der Waals surface area contributed by atoms with Crippen LogP contribution in [0.5, 0.6) is 0 Å². The van der Waals surface area contributed by atoms with Crippen LogP contribution in [0.25, 0.3) is 21.8 Å². The molecule has 3 heterocycles. The molecule has 0 spiro atoms. The summed E-state index contributed by atoms with van der Waals surface area (Å²) in [6.07, 6.45) is 3.84. The highest BCUT2D eigenvalue weighted by atomic mass is 79.9. The number of nitrogens with one attached hydrogen (secondary N) is 3. The molecule has 0 fully saturated rings. The zero-order valence-electron chi connectivity index (χ0n) is 13.7. The second kappa shape index (κ2) is 5.85. The average Bonchev–Trinajstić information content (AvgIpc) is 3.26. The van der Waals surface area contributed by atoms with Crippen LogP contribution in [0.1, 0.15) is 17.2 Å². The molecular formula is C20H15BrN4O. The SMILES string of the molecule is O=C1NCC(c2c[nH]c3cc(Br)ccc23)N=C1c1c[nH]c2ccccc12. The van der Waals surface area contributed by atoms with Crippen LogP contribution in [-0.2, 0) is 4.79 Å². The van der Waals surface area contributed by atoms with Gasteiger partial charge in [-0.25, -0.2) is 0 Å². The minimum absolute atomic E-state index is 0.119. The van der Waals surface area contributed by atoms with Crippen molar-refractivity contribution in [3.05, 3.63) is 70.5 Å². The number of hydrogen-bond donors (Lipinski definition) is 3. The molecule has 2 aromatic carbocycles. The van der Waals surface area contributed by atoms with Gasteiger partial charge in [0.15, 0.2) is 0 Å². The number of fused-ring (bicyclic) bond motifs is 2. The number of rotatable bonds is 2. The third kappa shape index (κ3) is 2.37. The maximum atomic E-state index is 12.5. The van der Waals surface area contributed by atoms with Crippen LogP contribution in [0.15, 0.2) is 64.3 Å². The van der Waals surface area contributed by atoms with E-state index < -0.39 is 0 Å². The van der Waals surface area contributed by atoms with Crippen LogP contribution in [0, 0.1) is 0 Å². The highest BCUT2D eigenvalue weighted by Crippen LogP contribution is 2.31. The molecule has 2 aromatic heterocycles. The highest BCUT2D eigenvalue weighted by molar-refractivity contribution is 9.10. The van der Waals surface area contributed by atoms with E-state index in [9.17, 15) is 4.79 Å². The van der Waals surface area contributed by atoms with E-state index in [-0.39, 0.29) is 11.9 Å². The lowest BCUT2D eigenvalue weighted by Gasteiger charge is -2.21. The molecule has 1 aliphatic heterocycles. The first-order valence-corrected chi connectivity index (χ1v) is 9.19. The summed E-state index contributed by atoms with van der Waals surface area (Å²) in [7, 11) is 0. The third-order valence-corrected chi connectivity index (χ3v) is 5.33. The summed E-state index contributed by atoms with van der Waals surface area (Å²) >= 11 is 3.50. The third-order valence-electron chi connectivity index (χ3n) is 4.84. The Morgan fingerprint density at radius 3 is 2.77 bits per heavy atom. The first kappa shape index (κ1) is 15.4. The van der Waals surface area contributed by atoms with Crippen molar-refractivity contribution in [1.29, 1.82) is 0 Å². The number of H-pyrrole nitrogens is 2. The molecule has 1 unspecified atom stereocenters. The minimum atomic E-state index is -0.131. The first-order valence-electron chi connectivity index (χ1n) is 8.40. The van der Waals surface area contributed by atoms with Gasteiger partial charge in [-0.3, -0.25) is 9.79 Å². The summed E-state index contributed by atoms with van der Waals surface area (Å²) in [4.78, 5) is 23.8. The van der Waals surface area contributed by atoms with Crippen LogP contribution in [0.4, 0.5) is 0 Å². The van der Waals surface area contributed by atoms with E-state index >= 15 is 0 Å². The molecule has 1 aliphatic rings. The lowest BCUT2D eigenvalue weighted by Crippen LogP contribution is -2.39. The van der Waals surface area contributed by atoms with Gasteiger partial charge in [0.25, 0.3) is 5.91 Å². The van der Waals surface area contributed by atoms with Gasteiger partial charge < -0.3 is 15.3 Å². The Labute approximate surface area is 157 Å². The van der Waals surface area contributed by atoms with Gasteiger partial charge in [-0.15, -0.1) is 0 Å². The number of nitrogens with zero attached hydrogens (tertiary/aromatic N) is 1. The maximum absolute atomic E-state index is 12.5. The van der Waals surface area contributed by atoms with Crippen molar-refractivity contribution >= 4 is 49.4 Å². The van der Waals surface area contributed by atoms with Crippen LogP contribution in [0.2, 0.25) is 0 Å². The summed E-state index contributed by atoms with van der Waals surface area (Å²) < 4.78 is 1.03. The van der Waals surface area contributed by atoms with E-state index in [0.29, 0.717) is 12.3 Å². The van der Waals surface area contributed by atoms with Crippen molar-refractivity contribution < 1.29 is 4.79 Å². The molecular weight excluding hydrogens is 392 g/mol. The molecule has 1 amide bonds. The quantitative estimate of drug-likeness (QED) is 0.461. The van der Waals surface area contributed by atoms with Crippen molar-refractivity contribution in [3.8, 4) is 0 Å². The van der Waals surface area contributed by atoms with E-state index in [4.69, 9.17) is 4.99 Å². The monoisotopic (exact) mass is 406 g/mol. The number of halogens is 1. The van der Waals surface area contributed by atoms with Crippen LogP contribution < -0.4 is 5.32 Å². The van der Waals surface area contributed by atoms with Gasteiger partial charge in [0.2, 0.25) is 0 Å². The molecule has 5 nitrogen and oxygen atoms in total. The summed E-state index contributed by atoms with van der Waals surface area (Å²) in [5.74, 6) is -0.131. The van der Waals surface area contributed by atoms with Gasteiger partial charge in [-0.1, -0.05) is 40.2 Å². The van der Waals surface area contributed by atoms with E-state index in [1.165, 1.54) is 0 Å². The molecule has 0 saturated carbocycles. The van der Waals surface area contributed by atoms with Gasteiger partial charge in [0.1, 0.15) is 5.71 Å². The molecule has 5 rings (SSSR count). The lowest BCUT2D eigenvalue weighted by atomic mass is 10.0. The molecule has 0 saturated heterocycles. The van der Waals surface area contributed by atoms with Crippen molar-refractivity contribution in [3.63, 3.8) is 0 Å². The first-order chi connectivity index (χ1) is 12.7. The van der Waals surface area contributed by atoms with Crippen molar-refractivity contribution in [2.75, 3.05) is 6.54 Å². The van der Waals surface area contributed by atoms with Gasteiger partial charge in [-0.05, 0) is 18.2 Å². The number of hydrogen-bond acceptors (Lipinski definition) is 2. The molecule has 128 valence electrons. The minimum Gasteiger partial charge on any atom is -0.361 e. The van der Waals surface area contributed by atoms with Crippen molar-refractivity contribution in [1.82, 2.24) is 15.3 Å². The number of benzene rings is 2. The number of carbonyl (C=O) groups is 1. The number of aromatic nitrogens is 2. The average molecular weight is 407 g/mol. The largest absolute Gasteiger partial charge is 0.361 e. The molecule has 1 atom stereocenters. The van der Waals surface area contributed by atoms with E-state index in [2.05, 4.69) is 37.3 Å². The zero-order valence-corrected chi connectivity index (χ0v) is 15.3. The topological polar surface area (TPSA) is 73.0 Å². The smallest absolute Gasteiger partial charge is 0.270 e. The Hall–Kier alpha value is -2.86. The van der Waals surface area contributed by atoms with Crippen molar-refractivity contribution in [2.45, 2.75) is 6.04 Å². The number of amides is 1. The molecule has 0 bridgehead atoms. The fraction of sp³-hybridized carbons (Fsp3) is 0.100. The molecule has 0 radical (unpaired) electrons. The Morgan fingerprint density at radius 1 is 1.00 bits per heavy atom. The fourth-order valence-corrected chi connectivity index (χ4v) is 3.93. The van der Waals surface area contributed by atoms with Crippen molar-refractivity contribution in [2.24, 2.45) is 4.99 Å². The molecule has 0 aliphatic carbocycles. The number of aliphatic imine (C=N–C) groups is 1. The second-order valence-corrected chi connectivity index (χ2v) is 7.30. The number of carbonyl (C=O) groups excluding carboxylic acids is 1. The summed E-state index contributed by atoms with van der Waals surface area (Å²) in [6.45, 7) is 0.494. The summed E-state index contributed by atoms with van der Waals surface area (Å²) in [5, 5.41) is 5.12. The zero-order chi connectivity index (χ0) is 17.7. The Bertz CT molecular complexity index is 1190. The van der Waals surface area contributed by atoms with E-state index in [1.807, 2.05) is 48.8 Å². The maximum Gasteiger partial charge on any atom is 0.270 e. The summed E-state index contributed by atoms with van der Waals surface area (Å²) in [5.41, 5.74) is 4.45. The van der Waals surface area contributed by atoms with Gasteiger partial charge in [0.05, 0.1) is 6.04 Å². The van der Waals surface area contributed by atoms with E-state index in [0.717, 1.165) is 37.4 Å². The molecule has 26 heavy (non-hydrogen) atoms. The Kier molecular flexibility index (Phi) is 3.46. The Balaban J connectivity index is 1.63. The molecule has 4 aromatic rings. The van der Waals surface area contributed by atoms with Crippen LogP contribution in [0.3, 0.4) is 0 Å². The van der Waals surface area contributed by atoms with Crippen LogP contribution in [-0.4, -0.2) is 28.1 Å². The molecule has 6 heteroatoms. The second-order valence-electron chi connectivity index (χ2n) is 6.39. The number of aromatic amines is 2. The van der Waals surface area contributed by atoms with Gasteiger partial charge in [0, 0.05) is 56.3 Å². The fourth-order valence-electron chi connectivity index (χ4n) is 3.57.